The van der Waals surface area contributed by atoms with Crippen molar-refractivity contribution in [1.82, 2.24) is 10.4 Å². The lowest BCUT2D eigenvalue weighted by Gasteiger charge is -2.38. The van der Waals surface area contributed by atoms with Crippen LogP contribution in [-0.2, 0) is 4.84 Å². The molecule has 0 amide bonds. The van der Waals surface area contributed by atoms with Crippen molar-refractivity contribution in [3.63, 3.8) is 0 Å². The molecule has 0 aliphatic carbocycles. The molecule has 3 heteroatoms. The van der Waals surface area contributed by atoms with Crippen LogP contribution >= 0.6 is 0 Å². The fraction of sp³-hybridized carbons (Fsp3) is 1.00. The molecule has 13 heavy (non-hydrogen) atoms. The summed E-state index contributed by atoms with van der Waals surface area (Å²) >= 11 is 0. The highest BCUT2D eigenvalue weighted by molar-refractivity contribution is 4.78. The maximum absolute atomic E-state index is 5.26. The molecule has 0 aromatic heterocycles. The Kier molecular flexibility index (Phi) is 4.70. The summed E-state index contributed by atoms with van der Waals surface area (Å²) < 4.78 is 0. The Morgan fingerprint density at radius 2 is 2.23 bits per heavy atom. The van der Waals surface area contributed by atoms with Gasteiger partial charge in [-0.1, -0.05) is 6.42 Å². The molecule has 1 aliphatic rings. The Labute approximate surface area is 81.4 Å². The summed E-state index contributed by atoms with van der Waals surface area (Å²) in [6, 6.07) is 1.26. The second-order valence-corrected chi connectivity index (χ2v) is 4.00. The van der Waals surface area contributed by atoms with Gasteiger partial charge in [0.15, 0.2) is 0 Å². The summed E-state index contributed by atoms with van der Waals surface area (Å²) in [6.45, 7) is 6.57. The van der Waals surface area contributed by atoms with Gasteiger partial charge in [-0.15, -0.1) is 0 Å². The van der Waals surface area contributed by atoms with Gasteiger partial charge in [-0.2, -0.15) is 0 Å². The molecule has 0 spiro atoms. The van der Waals surface area contributed by atoms with Gasteiger partial charge < -0.3 is 4.84 Å². The first kappa shape index (κ1) is 11.0. The third kappa shape index (κ3) is 3.25. The summed E-state index contributed by atoms with van der Waals surface area (Å²) in [5.74, 6) is 0. The minimum Gasteiger partial charge on any atom is -0.300 e. The molecule has 0 aromatic carbocycles. The van der Waals surface area contributed by atoms with E-state index in [1.54, 1.807) is 0 Å². The largest absolute Gasteiger partial charge is 0.300 e. The molecule has 1 aliphatic heterocycles. The lowest BCUT2D eigenvalue weighted by molar-refractivity contribution is -0.0128. The topological polar surface area (TPSA) is 24.5 Å². The fourth-order valence-corrected chi connectivity index (χ4v) is 2.06. The van der Waals surface area contributed by atoms with Crippen LogP contribution in [0.25, 0.3) is 0 Å². The summed E-state index contributed by atoms with van der Waals surface area (Å²) in [5.41, 5.74) is 2.75. The Morgan fingerprint density at radius 3 is 2.85 bits per heavy atom. The maximum Gasteiger partial charge on any atom is 0.0837 e. The molecule has 3 nitrogen and oxygen atoms in total. The molecule has 1 unspecified atom stereocenters. The third-order valence-electron chi connectivity index (χ3n) is 2.76. The van der Waals surface area contributed by atoms with Gasteiger partial charge >= 0.3 is 0 Å². The number of hydrogen-bond donors (Lipinski definition) is 1. The van der Waals surface area contributed by atoms with E-state index >= 15 is 0 Å². The van der Waals surface area contributed by atoms with E-state index in [4.69, 9.17) is 4.84 Å². The van der Waals surface area contributed by atoms with Crippen LogP contribution in [0.2, 0.25) is 0 Å². The molecular weight excluding hydrogens is 164 g/mol. The van der Waals surface area contributed by atoms with E-state index in [2.05, 4.69) is 24.2 Å². The summed E-state index contributed by atoms with van der Waals surface area (Å²) in [7, 11) is 1.82. The van der Waals surface area contributed by atoms with Crippen molar-refractivity contribution < 1.29 is 4.84 Å². The quantitative estimate of drug-likeness (QED) is 0.672. The Hall–Kier alpha value is -0.120. The van der Waals surface area contributed by atoms with Gasteiger partial charge in [-0.25, -0.2) is 5.48 Å². The molecule has 1 saturated heterocycles. The van der Waals surface area contributed by atoms with E-state index in [1.807, 2.05) is 7.05 Å². The van der Waals surface area contributed by atoms with Gasteiger partial charge in [0.25, 0.3) is 0 Å². The van der Waals surface area contributed by atoms with Crippen molar-refractivity contribution in [2.75, 3.05) is 20.2 Å². The first-order valence-electron chi connectivity index (χ1n) is 5.30. The number of nitrogens with zero attached hydrogens (tertiary/aromatic N) is 1. The minimum absolute atomic E-state index is 0.612. The Morgan fingerprint density at radius 1 is 1.46 bits per heavy atom. The van der Waals surface area contributed by atoms with E-state index in [-0.39, 0.29) is 0 Å². The predicted octanol–water partition coefficient (Wildman–Crippen LogP) is 1.40. The van der Waals surface area contributed by atoms with Crippen molar-refractivity contribution >= 4 is 0 Å². The van der Waals surface area contributed by atoms with Gasteiger partial charge in [-0.3, -0.25) is 4.90 Å². The SMILES string of the molecule is CNOCC1CCCCN1C(C)C. The molecule has 0 radical (unpaired) electrons. The minimum atomic E-state index is 0.612. The average Bonchev–Trinajstić information content (AvgIpc) is 2.15. The summed E-state index contributed by atoms with van der Waals surface area (Å²) in [4.78, 5) is 7.80. The molecule has 0 saturated carbocycles. The van der Waals surface area contributed by atoms with Crippen molar-refractivity contribution in [3.8, 4) is 0 Å². The van der Waals surface area contributed by atoms with Crippen LogP contribution < -0.4 is 5.48 Å². The zero-order chi connectivity index (χ0) is 9.68. The average molecular weight is 186 g/mol. The standard InChI is InChI=1S/C10H22N2O/c1-9(2)12-7-5-4-6-10(12)8-13-11-3/h9-11H,4-8H2,1-3H3. The molecule has 1 N–H and O–H groups in total. The highest BCUT2D eigenvalue weighted by Gasteiger charge is 2.24. The second kappa shape index (κ2) is 5.58. The molecule has 1 rings (SSSR count). The molecule has 1 fully saturated rings. The zero-order valence-electron chi connectivity index (χ0n) is 9.05. The summed E-state index contributed by atoms with van der Waals surface area (Å²) in [5, 5.41) is 0. The number of nitrogens with one attached hydrogen (secondary N) is 1. The van der Waals surface area contributed by atoms with E-state index in [0.29, 0.717) is 12.1 Å². The number of likely N-dealkylation sites (tertiary alicyclic amines) is 1. The molecule has 1 atom stereocenters. The smallest absolute Gasteiger partial charge is 0.0837 e. The van der Waals surface area contributed by atoms with Crippen LogP contribution in [-0.4, -0.2) is 37.2 Å². The van der Waals surface area contributed by atoms with E-state index in [1.165, 1.54) is 25.8 Å². The number of hydroxylamine groups is 1. The van der Waals surface area contributed by atoms with E-state index < -0.39 is 0 Å². The van der Waals surface area contributed by atoms with Crippen molar-refractivity contribution in [1.29, 1.82) is 0 Å². The van der Waals surface area contributed by atoms with E-state index in [0.717, 1.165) is 6.61 Å². The molecule has 0 aromatic rings. The fourth-order valence-electron chi connectivity index (χ4n) is 2.06. The van der Waals surface area contributed by atoms with Crippen LogP contribution in [0.1, 0.15) is 33.1 Å². The van der Waals surface area contributed by atoms with Crippen LogP contribution in [0.15, 0.2) is 0 Å². The summed E-state index contributed by atoms with van der Waals surface area (Å²) in [6.07, 6.45) is 3.97. The van der Waals surface area contributed by atoms with Crippen molar-refractivity contribution in [3.05, 3.63) is 0 Å². The first-order chi connectivity index (χ1) is 6.25. The van der Waals surface area contributed by atoms with Crippen LogP contribution in [0.5, 0.6) is 0 Å². The number of hydrogen-bond acceptors (Lipinski definition) is 3. The molecule has 78 valence electrons. The Balaban J connectivity index is 2.37. The normalized spacial score (nSPS) is 25.4. The van der Waals surface area contributed by atoms with Gasteiger partial charge in [0.2, 0.25) is 0 Å². The highest BCUT2D eigenvalue weighted by atomic mass is 16.6. The van der Waals surface area contributed by atoms with Gasteiger partial charge in [0.05, 0.1) is 6.61 Å². The van der Waals surface area contributed by atoms with Crippen molar-refractivity contribution in [2.24, 2.45) is 0 Å². The van der Waals surface area contributed by atoms with Crippen LogP contribution in [0, 0.1) is 0 Å². The second-order valence-electron chi connectivity index (χ2n) is 4.00. The lowest BCUT2D eigenvalue weighted by atomic mass is 10.0. The zero-order valence-corrected chi connectivity index (χ0v) is 9.05. The van der Waals surface area contributed by atoms with Crippen LogP contribution in [0.4, 0.5) is 0 Å². The number of piperidine rings is 1. The molecule has 0 bridgehead atoms. The monoisotopic (exact) mass is 186 g/mol. The Bertz CT molecular complexity index is 139. The van der Waals surface area contributed by atoms with Crippen molar-refractivity contribution in [2.45, 2.75) is 45.2 Å². The maximum atomic E-state index is 5.26. The lowest BCUT2D eigenvalue weighted by Crippen LogP contribution is -2.46. The van der Waals surface area contributed by atoms with Gasteiger partial charge in [-0.05, 0) is 33.2 Å². The predicted molar refractivity (Wildman–Crippen MR) is 54.5 cm³/mol. The number of rotatable bonds is 4. The molecule has 1 heterocycles. The van der Waals surface area contributed by atoms with Gasteiger partial charge in [0, 0.05) is 19.1 Å². The third-order valence-corrected chi connectivity index (χ3v) is 2.76. The first-order valence-corrected chi connectivity index (χ1v) is 5.30. The van der Waals surface area contributed by atoms with Gasteiger partial charge in [0.1, 0.15) is 0 Å². The van der Waals surface area contributed by atoms with E-state index in [9.17, 15) is 0 Å². The van der Waals surface area contributed by atoms with Crippen LogP contribution in [0.3, 0.4) is 0 Å². The molecular formula is C10H22N2O. The highest BCUT2D eigenvalue weighted by Crippen LogP contribution is 2.19.